The topological polar surface area (TPSA) is 3.24 Å². The van der Waals surface area contributed by atoms with Gasteiger partial charge in [-0.1, -0.05) is 103 Å². The van der Waals surface area contributed by atoms with Crippen molar-refractivity contribution < 1.29 is 0 Å². The van der Waals surface area contributed by atoms with Crippen LogP contribution in [0.15, 0.2) is 152 Å². The van der Waals surface area contributed by atoms with E-state index in [-0.39, 0.29) is 0 Å². The van der Waals surface area contributed by atoms with Crippen molar-refractivity contribution in [3.05, 3.63) is 152 Å². The van der Waals surface area contributed by atoms with Crippen LogP contribution in [-0.2, 0) is 0 Å². The third-order valence-electron chi connectivity index (χ3n) is 8.58. The molecule has 9 rings (SSSR count). The van der Waals surface area contributed by atoms with E-state index in [0.717, 1.165) is 11.4 Å². The van der Waals surface area contributed by atoms with Crippen LogP contribution in [0.5, 0.6) is 0 Å². The molecule has 0 amide bonds. The molecule has 2 heteroatoms. The van der Waals surface area contributed by atoms with Crippen LogP contribution in [0, 0.1) is 0 Å². The maximum absolute atomic E-state index is 2.42. The van der Waals surface area contributed by atoms with E-state index in [9.17, 15) is 0 Å². The highest BCUT2D eigenvalue weighted by Gasteiger charge is 2.18. The fraction of sp³-hybridized carbons (Fsp3) is 0. The Balaban J connectivity index is 1.35. The summed E-state index contributed by atoms with van der Waals surface area (Å²) in [4.78, 5) is 2.42. The Hall–Kier alpha value is -5.18. The van der Waals surface area contributed by atoms with Crippen molar-refractivity contribution in [2.45, 2.75) is 0 Å². The highest BCUT2D eigenvalue weighted by molar-refractivity contribution is 7.25. The van der Waals surface area contributed by atoms with Gasteiger partial charge < -0.3 is 4.90 Å². The number of benzene rings is 8. The maximum Gasteiger partial charge on any atom is 0.0540 e. The average Bonchev–Trinajstić information content (AvgIpc) is 3.41. The Kier molecular flexibility index (Phi) is 5.13. The van der Waals surface area contributed by atoms with Gasteiger partial charge in [-0.3, -0.25) is 0 Å². The molecule has 0 radical (unpaired) electrons. The monoisotopic (exact) mass is 551 g/mol. The summed E-state index contributed by atoms with van der Waals surface area (Å²) < 4.78 is 2.66. The second-order valence-corrected chi connectivity index (χ2v) is 12.1. The summed E-state index contributed by atoms with van der Waals surface area (Å²) in [5.41, 5.74) is 3.47. The standard InChI is InChI=1S/C40H25NS/c1-2-11-30(12-3-1)41(37-15-8-10-29-23-39-36(25-34(29)37)33-14-6-7-16-38(33)42-39)31-22-21-27-18-20-28-19-17-26-9-4-5-13-32(26)40(28)35(27)24-31/h1-25H. The van der Waals surface area contributed by atoms with Gasteiger partial charge in [-0.05, 0) is 86.2 Å². The average molecular weight is 552 g/mol. The molecule has 1 nitrogen and oxygen atoms in total. The van der Waals surface area contributed by atoms with Gasteiger partial charge in [0, 0.05) is 36.9 Å². The summed E-state index contributed by atoms with van der Waals surface area (Å²) in [7, 11) is 0. The van der Waals surface area contributed by atoms with Crippen molar-refractivity contribution in [2.75, 3.05) is 4.90 Å². The lowest BCUT2D eigenvalue weighted by Gasteiger charge is -2.27. The Morgan fingerprint density at radius 3 is 1.93 bits per heavy atom. The molecule has 0 saturated heterocycles. The lowest BCUT2D eigenvalue weighted by molar-refractivity contribution is 1.30. The molecule has 42 heavy (non-hydrogen) atoms. The van der Waals surface area contributed by atoms with E-state index in [1.165, 1.54) is 68.9 Å². The molecule has 8 aromatic carbocycles. The Morgan fingerprint density at radius 1 is 0.357 bits per heavy atom. The summed E-state index contributed by atoms with van der Waals surface area (Å²) in [6.45, 7) is 0. The van der Waals surface area contributed by atoms with Crippen LogP contribution in [0.2, 0.25) is 0 Å². The molecule has 1 heterocycles. The molecule has 0 saturated carbocycles. The second kappa shape index (κ2) is 9.17. The largest absolute Gasteiger partial charge is 0.310 e. The summed E-state index contributed by atoms with van der Waals surface area (Å²) in [6, 6.07) is 55.6. The third kappa shape index (κ3) is 3.56. The Bertz CT molecular complexity index is 2470. The maximum atomic E-state index is 2.42. The van der Waals surface area contributed by atoms with E-state index >= 15 is 0 Å². The van der Waals surface area contributed by atoms with Crippen molar-refractivity contribution in [2.24, 2.45) is 0 Å². The van der Waals surface area contributed by atoms with E-state index in [2.05, 4.69) is 157 Å². The number of nitrogens with zero attached hydrogens (tertiary/aromatic N) is 1. The molecule has 0 spiro atoms. The molecule has 0 atom stereocenters. The number of anilines is 3. The fourth-order valence-electron chi connectivity index (χ4n) is 6.63. The first-order valence-electron chi connectivity index (χ1n) is 14.4. The predicted molar refractivity (Wildman–Crippen MR) is 184 cm³/mol. The minimum absolute atomic E-state index is 1.14. The number of para-hydroxylation sites is 1. The zero-order chi connectivity index (χ0) is 27.6. The quantitative estimate of drug-likeness (QED) is 0.197. The lowest BCUT2D eigenvalue weighted by Crippen LogP contribution is -2.10. The van der Waals surface area contributed by atoms with Crippen molar-refractivity contribution in [3.8, 4) is 0 Å². The van der Waals surface area contributed by atoms with Crippen molar-refractivity contribution in [1.29, 1.82) is 0 Å². The molecule has 1 aromatic heterocycles. The first-order valence-corrected chi connectivity index (χ1v) is 15.2. The minimum Gasteiger partial charge on any atom is -0.310 e. The van der Waals surface area contributed by atoms with Gasteiger partial charge in [0.25, 0.3) is 0 Å². The summed E-state index contributed by atoms with van der Waals surface area (Å²) in [6.07, 6.45) is 0. The van der Waals surface area contributed by atoms with Crippen LogP contribution in [0.4, 0.5) is 17.1 Å². The van der Waals surface area contributed by atoms with E-state index in [0.29, 0.717) is 0 Å². The third-order valence-corrected chi connectivity index (χ3v) is 9.71. The first kappa shape index (κ1) is 23.5. The van der Waals surface area contributed by atoms with Crippen LogP contribution >= 0.6 is 11.3 Å². The van der Waals surface area contributed by atoms with Gasteiger partial charge in [-0.25, -0.2) is 0 Å². The van der Waals surface area contributed by atoms with Gasteiger partial charge >= 0.3 is 0 Å². The molecule has 0 unspecified atom stereocenters. The van der Waals surface area contributed by atoms with Crippen molar-refractivity contribution >= 4 is 91.7 Å². The van der Waals surface area contributed by atoms with Gasteiger partial charge in [0.05, 0.1) is 5.69 Å². The van der Waals surface area contributed by atoms with Crippen LogP contribution in [0.3, 0.4) is 0 Å². The van der Waals surface area contributed by atoms with Crippen molar-refractivity contribution in [3.63, 3.8) is 0 Å². The van der Waals surface area contributed by atoms with Crippen LogP contribution in [-0.4, -0.2) is 0 Å². The molecule has 0 bridgehead atoms. The van der Waals surface area contributed by atoms with E-state index in [1.807, 2.05) is 11.3 Å². The predicted octanol–water partition coefficient (Wildman–Crippen LogP) is 12.1. The lowest BCUT2D eigenvalue weighted by atomic mass is 9.96. The molecule has 0 aliphatic carbocycles. The zero-order valence-corrected chi connectivity index (χ0v) is 23.6. The van der Waals surface area contributed by atoms with Gasteiger partial charge in [-0.15, -0.1) is 11.3 Å². The molecule has 0 aliphatic rings. The number of hydrogen-bond acceptors (Lipinski definition) is 2. The molecule has 0 aliphatic heterocycles. The van der Waals surface area contributed by atoms with Crippen LogP contribution in [0.1, 0.15) is 0 Å². The number of rotatable bonds is 3. The molecule has 196 valence electrons. The highest BCUT2D eigenvalue weighted by Crippen LogP contribution is 2.44. The summed E-state index contributed by atoms with van der Waals surface area (Å²) in [5, 5.41) is 12.8. The first-order chi connectivity index (χ1) is 20.8. The molecular weight excluding hydrogens is 527 g/mol. The van der Waals surface area contributed by atoms with Crippen LogP contribution in [0.25, 0.3) is 63.3 Å². The molecule has 9 aromatic rings. The van der Waals surface area contributed by atoms with Gasteiger partial charge in [-0.2, -0.15) is 0 Å². The van der Waals surface area contributed by atoms with Gasteiger partial charge in [0.1, 0.15) is 0 Å². The normalized spacial score (nSPS) is 11.8. The minimum atomic E-state index is 1.14. The van der Waals surface area contributed by atoms with E-state index in [1.54, 1.807) is 0 Å². The van der Waals surface area contributed by atoms with Crippen LogP contribution < -0.4 is 4.90 Å². The smallest absolute Gasteiger partial charge is 0.0540 e. The molecule has 0 N–H and O–H groups in total. The summed E-state index contributed by atoms with van der Waals surface area (Å²) >= 11 is 1.87. The number of fused-ring (bicyclic) bond motifs is 9. The zero-order valence-electron chi connectivity index (χ0n) is 22.8. The molecular formula is C40H25NS. The number of hydrogen-bond donors (Lipinski definition) is 0. The Labute approximate surface area is 247 Å². The van der Waals surface area contributed by atoms with E-state index in [4.69, 9.17) is 0 Å². The fourth-order valence-corrected chi connectivity index (χ4v) is 7.77. The van der Waals surface area contributed by atoms with Gasteiger partial charge in [0.2, 0.25) is 0 Å². The number of thiophene rings is 1. The van der Waals surface area contributed by atoms with Crippen molar-refractivity contribution in [1.82, 2.24) is 0 Å². The molecule has 0 fully saturated rings. The SMILES string of the molecule is c1ccc(N(c2ccc3ccc4ccc5ccccc5c4c3c2)c2cccc3cc4sc5ccccc5c4cc23)cc1. The van der Waals surface area contributed by atoms with E-state index < -0.39 is 0 Å². The Morgan fingerprint density at radius 2 is 1.05 bits per heavy atom. The highest BCUT2D eigenvalue weighted by atomic mass is 32.1. The second-order valence-electron chi connectivity index (χ2n) is 11.0. The summed E-state index contributed by atoms with van der Waals surface area (Å²) in [5.74, 6) is 0. The van der Waals surface area contributed by atoms with Gasteiger partial charge in [0.15, 0.2) is 0 Å².